The predicted molar refractivity (Wildman–Crippen MR) is 273 cm³/mol. The molecule has 11 aromatic carbocycles. The van der Waals surface area contributed by atoms with Gasteiger partial charge in [0, 0.05) is 34.1 Å². The molecular formula is C62H44N2. The molecule has 11 aromatic rings. The van der Waals surface area contributed by atoms with Crippen molar-refractivity contribution in [2.75, 3.05) is 9.80 Å². The molecule has 0 unspecified atom stereocenters. The van der Waals surface area contributed by atoms with Gasteiger partial charge in [0.2, 0.25) is 0 Å². The standard InChI is InChI=1S/C62H44N2/c1-5-15-45(16-6-1)47-25-33-54(34-26-47)63(55-35-27-48(28-36-55)46-17-7-2-8-18-46)56-37-29-49(30-38-56)50-31-39-57(40-32-50)64(53-22-11-4-12-23-53)58-41-42-60-61(51-19-9-3-10-20-51)43-52-21-13-14-24-59(52)62(60)44-58/h1-44H. The highest BCUT2D eigenvalue weighted by molar-refractivity contribution is 6.15. The third-order valence-electron chi connectivity index (χ3n) is 12.3. The van der Waals surface area contributed by atoms with Gasteiger partial charge in [-0.1, -0.05) is 188 Å². The second kappa shape index (κ2) is 17.1. The lowest BCUT2D eigenvalue weighted by Gasteiger charge is -2.27. The molecule has 0 spiro atoms. The van der Waals surface area contributed by atoms with Gasteiger partial charge in [0.25, 0.3) is 0 Å². The van der Waals surface area contributed by atoms with Crippen molar-refractivity contribution in [1.29, 1.82) is 0 Å². The maximum absolute atomic E-state index is 2.36. The number of rotatable bonds is 10. The van der Waals surface area contributed by atoms with Crippen molar-refractivity contribution in [2.24, 2.45) is 0 Å². The lowest BCUT2D eigenvalue weighted by molar-refractivity contribution is 1.28. The van der Waals surface area contributed by atoms with Crippen molar-refractivity contribution >= 4 is 55.7 Å². The summed E-state index contributed by atoms with van der Waals surface area (Å²) in [6.07, 6.45) is 0. The third kappa shape index (κ3) is 7.59. The largest absolute Gasteiger partial charge is 0.311 e. The molecule has 0 atom stereocenters. The van der Waals surface area contributed by atoms with Crippen molar-refractivity contribution in [3.63, 3.8) is 0 Å². The number of benzene rings is 11. The minimum atomic E-state index is 1.09. The van der Waals surface area contributed by atoms with Crippen LogP contribution in [0.25, 0.3) is 66.1 Å². The average molecular weight is 817 g/mol. The molecule has 2 heteroatoms. The Morgan fingerprint density at radius 1 is 0.188 bits per heavy atom. The number of hydrogen-bond acceptors (Lipinski definition) is 2. The maximum Gasteiger partial charge on any atom is 0.0468 e. The van der Waals surface area contributed by atoms with Crippen molar-refractivity contribution in [1.82, 2.24) is 0 Å². The summed E-state index contributed by atoms with van der Waals surface area (Å²) >= 11 is 0. The second-order valence-corrected chi connectivity index (χ2v) is 16.2. The predicted octanol–water partition coefficient (Wildman–Crippen LogP) is 17.6. The van der Waals surface area contributed by atoms with Crippen LogP contribution >= 0.6 is 0 Å². The van der Waals surface area contributed by atoms with Gasteiger partial charge in [0.1, 0.15) is 0 Å². The molecule has 0 radical (unpaired) electrons. The van der Waals surface area contributed by atoms with Crippen molar-refractivity contribution in [3.05, 3.63) is 267 Å². The second-order valence-electron chi connectivity index (χ2n) is 16.2. The summed E-state index contributed by atoms with van der Waals surface area (Å²) in [5, 5.41) is 4.96. The zero-order valence-electron chi connectivity index (χ0n) is 35.3. The average Bonchev–Trinajstić information content (AvgIpc) is 3.38. The maximum atomic E-state index is 2.36. The van der Waals surface area contributed by atoms with Gasteiger partial charge < -0.3 is 9.80 Å². The fourth-order valence-electron chi connectivity index (χ4n) is 9.03. The summed E-state index contributed by atoms with van der Waals surface area (Å²) in [6, 6.07) is 96.2. The molecule has 302 valence electrons. The number of para-hydroxylation sites is 1. The molecular weight excluding hydrogens is 773 g/mol. The van der Waals surface area contributed by atoms with Gasteiger partial charge >= 0.3 is 0 Å². The summed E-state index contributed by atoms with van der Waals surface area (Å²) in [6.45, 7) is 0. The van der Waals surface area contributed by atoms with Crippen LogP contribution < -0.4 is 9.80 Å². The fraction of sp³-hybridized carbons (Fsp3) is 0. The van der Waals surface area contributed by atoms with E-state index >= 15 is 0 Å². The molecule has 0 heterocycles. The lowest BCUT2D eigenvalue weighted by atomic mass is 9.93. The molecule has 0 aliphatic rings. The van der Waals surface area contributed by atoms with E-state index in [1.54, 1.807) is 0 Å². The van der Waals surface area contributed by atoms with Crippen LogP contribution in [0.4, 0.5) is 34.1 Å². The Bertz CT molecular complexity index is 3230. The van der Waals surface area contributed by atoms with E-state index in [-0.39, 0.29) is 0 Å². The Kier molecular flexibility index (Phi) is 10.3. The fourth-order valence-corrected chi connectivity index (χ4v) is 9.03. The van der Waals surface area contributed by atoms with Gasteiger partial charge in [0.15, 0.2) is 0 Å². The van der Waals surface area contributed by atoms with Crippen molar-refractivity contribution in [2.45, 2.75) is 0 Å². The van der Waals surface area contributed by atoms with Crippen molar-refractivity contribution in [3.8, 4) is 44.5 Å². The molecule has 0 bridgehead atoms. The van der Waals surface area contributed by atoms with Crippen LogP contribution in [-0.2, 0) is 0 Å². The van der Waals surface area contributed by atoms with E-state index < -0.39 is 0 Å². The normalized spacial score (nSPS) is 11.1. The quantitative estimate of drug-likeness (QED) is 0.127. The van der Waals surface area contributed by atoms with Crippen molar-refractivity contribution < 1.29 is 0 Å². The van der Waals surface area contributed by atoms with Gasteiger partial charge in [-0.05, 0) is 145 Å². The molecule has 64 heavy (non-hydrogen) atoms. The van der Waals surface area contributed by atoms with Crippen LogP contribution in [0.15, 0.2) is 267 Å². The molecule has 11 rings (SSSR count). The molecule has 2 nitrogen and oxygen atoms in total. The van der Waals surface area contributed by atoms with Gasteiger partial charge in [-0.15, -0.1) is 0 Å². The SMILES string of the molecule is c1ccc(-c2ccc(N(c3ccc(-c4ccccc4)cc3)c3ccc(-c4ccc(N(c5ccccc5)c5ccc6c(-c7ccccc7)cc7ccccc7c6c5)cc4)cc3)cc2)cc1. The van der Waals surface area contributed by atoms with Crippen LogP contribution in [0.3, 0.4) is 0 Å². The van der Waals surface area contributed by atoms with Crippen LogP contribution in [0.5, 0.6) is 0 Å². The zero-order chi connectivity index (χ0) is 42.7. The number of anilines is 6. The van der Waals surface area contributed by atoms with Crippen LogP contribution in [-0.4, -0.2) is 0 Å². The zero-order valence-corrected chi connectivity index (χ0v) is 35.3. The number of nitrogens with zero attached hydrogens (tertiary/aromatic N) is 2. The summed E-state index contributed by atoms with van der Waals surface area (Å²) in [5.41, 5.74) is 16.2. The van der Waals surface area contributed by atoms with E-state index in [4.69, 9.17) is 0 Å². The Labute approximate surface area is 375 Å². The first-order chi connectivity index (χ1) is 31.7. The summed E-state index contributed by atoms with van der Waals surface area (Å²) < 4.78 is 0. The monoisotopic (exact) mass is 816 g/mol. The highest BCUT2D eigenvalue weighted by atomic mass is 15.1. The first kappa shape index (κ1) is 38.5. The molecule has 0 saturated carbocycles. The van der Waals surface area contributed by atoms with Gasteiger partial charge in [-0.2, -0.15) is 0 Å². The van der Waals surface area contributed by atoms with E-state index in [1.165, 1.54) is 54.9 Å². The van der Waals surface area contributed by atoms with Crippen LogP contribution in [0.1, 0.15) is 0 Å². The molecule has 0 amide bonds. The number of fused-ring (bicyclic) bond motifs is 3. The van der Waals surface area contributed by atoms with Gasteiger partial charge in [-0.25, -0.2) is 0 Å². The molecule has 0 aliphatic carbocycles. The van der Waals surface area contributed by atoms with E-state index in [9.17, 15) is 0 Å². The summed E-state index contributed by atoms with van der Waals surface area (Å²) in [7, 11) is 0. The highest BCUT2D eigenvalue weighted by Crippen LogP contribution is 2.42. The Balaban J connectivity index is 0.935. The Hall–Kier alpha value is -8.46. The third-order valence-corrected chi connectivity index (χ3v) is 12.3. The lowest BCUT2D eigenvalue weighted by Crippen LogP contribution is -2.10. The molecule has 0 aromatic heterocycles. The molecule has 0 aliphatic heterocycles. The Morgan fingerprint density at radius 2 is 0.516 bits per heavy atom. The minimum Gasteiger partial charge on any atom is -0.311 e. The molecule has 0 saturated heterocycles. The first-order valence-electron chi connectivity index (χ1n) is 21.9. The Morgan fingerprint density at radius 3 is 0.969 bits per heavy atom. The molecule has 0 N–H and O–H groups in total. The van der Waals surface area contributed by atoms with Gasteiger partial charge in [-0.3, -0.25) is 0 Å². The smallest absolute Gasteiger partial charge is 0.0468 e. The summed E-state index contributed by atoms with van der Waals surface area (Å²) in [5.74, 6) is 0. The highest BCUT2D eigenvalue weighted by Gasteiger charge is 2.17. The summed E-state index contributed by atoms with van der Waals surface area (Å²) in [4.78, 5) is 4.70. The van der Waals surface area contributed by atoms with E-state index in [0.717, 1.165) is 45.3 Å². The van der Waals surface area contributed by atoms with E-state index in [1.807, 2.05) is 0 Å². The van der Waals surface area contributed by atoms with E-state index in [2.05, 4.69) is 277 Å². The van der Waals surface area contributed by atoms with Crippen LogP contribution in [0.2, 0.25) is 0 Å². The first-order valence-corrected chi connectivity index (χ1v) is 21.9. The topological polar surface area (TPSA) is 6.48 Å². The van der Waals surface area contributed by atoms with Gasteiger partial charge in [0.05, 0.1) is 0 Å². The van der Waals surface area contributed by atoms with Crippen LogP contribution in [0, 0.1) is 0 Å². The number of hydrogen-bond donors (Lipinski definition) is 0. The molecule has 0 fully saturated rings. The minimum absolute atomic E-state index is 1.09. The van der Waals surface area contributed by atoms with E-state index in [0.29, 0.717) is 0 Å².